The van der Waals surface area contributed by atoms with Crippen LogP contribution in [0.15, 0.2) is 60.9 Å². The van der Waals surface area contributed by atoms with Gasteiger partial charge >= 0.3 is 0 Å². The number of fused-ring (bicyclic) bond motifs is 1. The van der Waals surface area contributed by atoms with Crippen LogP contribution in [-0.4, -0.2) is 16.6 Å². The first-order valence-corrected chi connectivity index (χ1v) is 8.02. The number of hydrogen-bond acceptors (Lipinski definition) is 4. The van der Waals surface area contributed by atoms with E-state index < -0.39 is 0 Å². The molecule has 0 amide bonds. The molecule has 3 aromatic rings. The summed E-state index contributed by atoms with van der Waals surface area (Å²) in [7, 11) is 0. The monoisotopic (exact) mass is 321 g/mol. The maximum atomic E-state index is 5.60. The Hall–Kier alpha value is -2.79. The summed E-state index contributed by atoms with van der Waals surface area (Å²) in [6, 6.07) is 16.5. The van der Waals surface area contributed by atoms with E-state index in [1.54, 1.807) is 6.20 Å². The van der Waals surface area contributed by atoms with Gasteiger partial charge in [-0.1, -0.05) is 24.3 Å². The largest absolute Gasteiger partial charge is 0.454 e. The number of rotatable bonds is 5. The van der Waals surface area contributed by atoms with Gasteiger partial charge in [-0.25, -0.2) is 4.68 Å². The van der Waals surface area contributed by atoms with Crippen LogP contribution < -0.4 is 14.8 Å². The summed E-state index contributed by atoms with van der Waals surface area (Å²) in [5, 5.41) is 7.83. The van der Waals surface area contributed by atoms with Gasteiger partial charge in [0.2, 0.25) is 6.79 Å². The van der Waals surface area contributed by atoms with Crippen molar-refractivity contribution in [3.63, 3.8) is 0 Å². The molecular formula is C19H19N3O2. The third-order valence-electron chi connectivity index (χ3n) is 4.19. The minimum Gasteiger partial charge on any atom is -0.454 e. The SMILES string of the molecule is CC(NCc1cccc(-n2cccn2)c1)c1cccc2c1OCO2. The molecule has 0 radical (unpaired) electrons. The Kier molecular flexibility index (Phi) is 3.92. The number of hydrogen-bond donors (Lipinski definition) is 1. The molecule has 0 fully saturated rings. The second kappa shape index (κ2) is 6.37. The average molecular weight is 321 g/mol. The summed E-state index contributed by atoms with van der Waals surface area (Å²) < 4.78 is 12.9. The molecule has 1 atom stereocenters. The molecule has 1 aromatic heterocycles. The van der Waals surface area contributed by atoms with Crippen molar-refractivity contribution in [1.82, 2.24) is 15.1 Å². The molecule has 0 saturated heterocycles. The van der Waals surface area contributed by atoms with E-state index in [1.807, 2.05) is 29.1 Å². The fourth-order valence-electron chi connectivity index (χ4n) is 2.91. The lowest BCUT2D eigenvalue weighted by Gasteiger charge is -2.16. The highest BCUT2D eigenvalue weighted by molar-refractivity contribution is 5.49. The molecule has 0 aliphatic carbocycles. The molecule has 0 spiro atoms. The third kappa shape index (κ3) is 2.86. The predicted octanol–water partition coefficient (Wildman–Crippen LogP) is 3.45. The Labute approximate surface area is 140 Å². The number of benzene rings is 2. The van der Waals surface area contributed by atoms with E-state index >= 15 is 0 Å². The smallest absolute Gasteiger partial charge is 0.231 e. The quantitative estimate of drug-likeness (QED) is 0.782. The zero-order chi connectivity index (χ0) is 16.4. The number of para-hydroxylation sites is 1. The number of nitrogens with zero attached hydrogens (tertiary/aromatic N) is 2. The van der Waals surface area contributed by atoms with Crippen LogP contribution in [0.4, 0.5) is 0 Å². The fourth-order valence-corrected chi connectivity index (χ4v) is 2.91. The van der Waals surface area contributed by atoms with E-state index in [9.17, 15) is 0 Å². The average Bonchev–Trinajstić information content (AvgIpc) is 3.30. The van der Waals surface area contributed by atoms with Crippen molar-refractivity contribution in [1.29, 1.82) is 0 Å². The van der Waals surface area contributed by atoms with Crippen molar-refractivity contribution in [2.24, 2.45) is 0 Å². The van der Waals surface area contributed by atoms with Crippen molar-refractivity contribution in [2.45, 2.75) is 19.5 Å². The lowest BCUT2D eigenvalue weighted by molar-refractivity contribution is 0.173. The molecule has 1 unspecified atom stereocenters. The summed E-state index contributed by atoms with van der Waals surface area (Å²) in [6.07, 6.45) is 3.73. The number of nitrogens with one attached hydrogen (secondary N) is 1. The summed E-state index contributed by atoms with van der Waals surface area (Å²) in [4.78, 5) is 0. The van der Waals surface area contributed by atoms with Gasteiger partial charge < -0.3 is 14.8 Å². The van der Waals surface area contributed by atoms with Gasteiger partial charge in [-0.3, -0.25) is 0 Å². The first-order chi connectivity index (χ1) is 11.8. The van der Waals surface area contributed by atoms with Gasteiger partial charge in [0.05, 0.1) is 5.69 Å². The molecule has 1 aliphatic heterocycles. The van der Waals surface area contributed by atoms with E-state index in [4.69, 9.17) is 9.47 Å². The zero-order valence-corrected chi connectivity index (χ0v) is 13.5. The molecule has 5 nitrogen and oxygen atoms in total. The number of ether oxygens (including phenoxy) is 2. The molecule has 1 N–H and O–H groups in total. The zero-order valence-electron chi connectivity index (χ0n) is 13.5. The highest BCUT2D eigenvalue weighted by atomic mass is 16.7. The molecular weight excluding hydrogens is 302 g/mol. The van der Waals surface area contributed by atoms with E-state index in [0.717, 1.165) is 29.3 Å². The van der Waals surface area contributed by atoms with E-state index in [-0.39, 0.29) is 6.04 Å². The van der Waals surface area contributed by atoms with Crippen LogP contribution in [-0.2, 0) is 6.54 Å². The standard InChI is InChI=1S/C19H19N3O2/c1-14(17-7-3-8-18-19(17)24-13-23-18)20-12-15-5-2-6-16(11-15)22-10-4-9-21-22/h2-11,14,20H,12-13H2,1H3. The summed E-state index contributed by atoms with van der Waals surface area (Å²) >= 11 is 0. The minimum absolute atomic E-state index is 0.162. The van der Waals surface area contributed by atoms with Crippen LogP contribution in [0.3, 0.4) is 0 Å². The van der Waals surface area contributed by atoms with E-state index in [0.29, 0.717) is 6.79 Å². The van der Waals surface area contributed by atoms with Crippen LogP contribution in [0.1, 0.15) is 24.1 Å². The maximum absolute atomic E-state index is 5.60. The van der Waals surface area contributed by atoms with E-state index in [1.165, 1.54) is 5.56 Å². The molecule has 2 heterocycles. The van der Waals surface area contributed by atoms with Gasteiger partial charge in [-0.2, -0.15) is 5.10 Å². The van der Waals surface area contributed by atoms with Gasteiger partial charge in [0.1, 0.15) is 0 Å². The lowest BCUT2D eigenvalue weighted by atomic mass is 10.1. The Balaban J connectivity index is 1.47. The van der Waals surface area contributed by atoms with Crippen molar-refractivity contribution in [3.8, 4) is 17.2 Å². The topological polar surface area (TPSA) is 48.3 Å². The first kappa shape index (κ1) is 14.8. The van der Waals surface area contributed by atoms with Crippen molar-refractivity contribution in [3.05, 3.63) is 72.1 Å². The van der Waals surface area contributed by atoms with Crippen LogP contribution in [0.5, 0.6) is 11.5 Å². The van der Waals surface area contributed by atoms with Crippen LogP contribution in [0.25, 0.3) is 5.69 Å². The highest BCUT2D eigenvalue weighted by Gasteiger charge is 2.20. The Morgan fingerprint density at radius 1 is 1.17 bits per heavy atom. The summed E-state index contributed by atoms with van der Waals surface area (Å²) in [5.41, 5.74) is 3.39. The highest BCUT2D eigenvalue weighted by Crippen LogP contribution is 2.38. The molecule has 0 bridgehead atoms. The molecule has 2 aromatic carbocycles. The normalized spacial score (nSPS) is 13.9. The molecule has 24 heavy (non-hydrogen) atoms. The van der Waals surface area contributed by atoms with Crippen LogP contribution >= 0.6 is 0 Å². The van der Waals surface area contributed by atoms with E-state index in [2.05, 4.69) is 47.7 Å². The van der Waals surface area contributed by atoms with Gasteiger partial charge in [0, 0.05) is 30.5 Å². The Morgan fingerprint density at radius 3 is 2.96 bits per heavy atom. The molecule has 122 valence electrons. The third-order valence-corrected chi connectivity index (χ3v) is 4.19. The molecule has 5 heteroatoms. The van der Waals surface area contributed by atoms with Gasteiger partial charge in [-0.15, -0.1) is 0 Å². The second-order valence-corrected chi connectivity index (χ2v) is 5.80. The Bertz CT molecular complexity index is 830. The van der Waals surface area contributed by atoms with Crippen LogP contribution in [0, 0.1) is 0 Å². The molecule has 0 saturated carbocycles. The van der Waals surface area contributed by atoms with Gasteiger partial charge in [0.25, 0.3) is 0 Å². The van der Waals surface area contributed by atoms with Crippen LogP contribution in [0.2, 0.25) is 0 Å². The fraction of sp³-hybridized carbons (Fsp3) is 0.211. The van der Waals surface area contributed by atoms with Gasteiger partial charge in [-0.05, 0) is 36.8 Å². The van der Waals surface area contributed by atoms with Crippen molar-refractivity contribution >= 4 is 0 Å². The minimum atomic E-state index is 0.162. The van der Waals surface area contributed by atoms with Crippen molar-refractivity contribution < 1.29 is 9.47 Å². The number of aromatic nitrogens is 2. The predicted molar refractivity (Wildman–Crippen MR) is 91.4 cm³/mol. The van der Waals surface area contributed by atoms with Crippen molar-refractivity contribution in [2.75, 3.05) is 6.79 Å². The Morgan fingerprint density at radius 2 is 2.08 bits per heavy atom. The summed E-state index contributed by atoms with van der Waals surface area (Å²) in [5.74, 6) is 1.67. The summed E-state index contributed by atoms with van der Waals surface area (Å²) in [6.45, 7) is 3.19. The molecule has 4 rings (SSSR count). The van der Waals surface area contributed by atoms with Gasteiger partial charge in [0.15, 0.2) is 11.5 Å². The maximum Gasteiger partial charge on any atom is 0.231 e. The lowest BCUT2D eigenvalue weighted by Crippen LogP contribution is -2.18. The first-order valence-electron chi connectivity index (χ1n) is 8.02. The molecule has 1 aliphatic rings. The second-order valence-electron chi connectivity index (χ2n) is 5.80.